The number of hydrogen-bond donors (Lipinski definition) is 1. The third-order valence-corrected chi connectivity index (χ3v) is 3.97. The number of tetrazole rings is 1. The molecule has 0 aliphatic heterocycles. The highest BCUT2D eigenvalue weighted by atomic mass is 32.1. The van der Waals surface area contributed by atoms with Crippen molar-refractivity contribution in [1.29, 1.82) is 0 Å². The number of rotatable bonds is 5. The molecule has 0 fully saturated rings. The lowest BCUT2D eigenvalue weighted by Gasteiger charge is -2.11. The standard InChI is InChI=1S/C16H15N5O2S/c1-11-18-19-20-21(11)14-9-13(4-5-15(14)23-2)17-16(22)6-3-12-7-8-24-10-12/h3-10H,1-2H3,(H,17,22)/b6-3+. The summed E-state index contributed by atoms with van der Waals surface area (Å²) >= 11 is 1.58. The molecule has 1 amide bonds. The van der Waals surface area contributed by atoms with E-state index in [0.717, 1.165) is 5.56 Å². The van der Waals surface area contributed by atoms with E-state index >= 15 is 0 Å². The van der Waals surface area contributed by atoms with Gasteiger partial charge >= 0.3 is 0 Å². The van der Waals surface area contributed by atoms with E-state index in [1.54, 1.807) is 54.3 Å². The summed E-state index contributed by atoms with van der Waals surface area (Å²) in [5, 5.41) is 18.2. The molecule has 2 aromatic heterocycles. The maximum atomic E-state index is 12.1. The van der Waals surface area contributed by atoms with Crippen molar-refractivity contribution < 1.29 is 9.53 Å². The monoisotopic (exact) mass is 341 g/mol. The van der Waals surface area contributed by atoms with Crippen LogP contribution >= 0.6 is 11.3 Å². The molecular weight excluding hydrogens is 326 g/mol. The normalized spacial score (nSPS) is 10.9. The van der Waals surface area contributed by atoms with Crippen molar-refractivity contribution in [2.24, 2.45) is 0 Å². The number of nitrogens with one attached hydrogen (secondary N) is 1. The zero-order valence-corrected chi connectivity index (χ0v) is 13.9. The summed E-state index contributed by atoms with van der Waals surface area (Å²) in [6.45, 7) is 1.79. The molecule has 1 aromatic carbocycles. The molecule has 1 N–H and O–H groups in total. The van der Waals surface area contributed by atoms with Crippen LogP contribution in [0, 0.1) is 6.92 Å². The molecule has 0 atom stereocenters. The topological polar surface area (TPSA) is 81.9 Å². The molecule has 0 radical (unpaired) electrons. The minimum Gasteiger partial charge on any atom is -0.494 e. The summed E-state index contributed by atoms with van der Waals surface area (Å²) in [5.41, 5.74) is 2.27. The Morgan fingerprint density at radius 2 is 2.25 bits per heavy atom. The fourth-order valence-electron chi connectivity index (χ4n) is 2.11. The molecular formula is C16H15N5O2S. The van der Waals surface area contributed by atoms with E-state index in [9.17, 15) is 4.79 Å². The van der Waals surface area contributed by atoms with Crippen LogP contribution in [0.3, 0.4) is 0 Å². The molecule has 0 aliphatic rings. The van der Waals surface area contributed by atoms with E-state index in [1.165, 1.54) is 6.08 Å². The van der Waals surface area contributed by atoms with Gasteiger partial charge in [-0.05, 0) is 64.0 Å². The fourth-order valence-corrected chi connectivity index (χ4v) is 2.74. The highest BCUT2D eigenvalue weighted by Gasteiger charge is 2.11. The number of ether oxygens (including phenoxy) is 1. The molecule has 0 aliphatic carbocycles. The summed E-state index contributed by atoms with van der Waals surface area (Å²) in [6, 6.07) is 7.23. The quantitative estimate of drug-likeness (QED) is 0.722. The van der Waals surface area contributed by atoms with E-state index in [1.807, 2.05) is 16.8 Å². The van der Waals surface area contributed by atoms with Crippen LogP contribution in [0.1, 0.15) is 11.4 Å². The van der Waals surface area contributed by atoms with Crippen molar-refractivity contribution in [1.82, 2.24) is 20.2 Å². The SMILES string of the molecule is COc1ccc(NC(=O)/C=C/c2ccsc2)cc1-n1nnnc1C. The van der Waals surface area contributed by atoms with Crippen LogP contribution in [-0.4, -0.2) is 33.2 Å². The summed E-state index contributed by atoms with van der Waals surface area (Å²) in [7, 11) is 1.57. The Kier molecular flexibility index (Phi) is 4.66. The van der Waals surface area contributed by atoms with Gasteiger partial charge in [0.1, 0.15) is 11.4 Å². The van der Waals surface area contributed by atoms with Gasteiger partial charge in [0, 0.05) is 11.8 Å². The molecule has 0 saturated heterocycles. The first-order valence-electron chi connectivity index (χ1n) is 7.12. The van der Waals surface area contributed by atoms with Crippen molar-refractivity contribution in [3.8, 4) is 11.4 Å². The average Bonchev–Trinajstić information content (AvgIpc) is 3.24. The zero-order valence-electron chi connectivity index (χ0n) is 13.1. The molecule has 8 heteroatoms. The van der Waals surface area contributed by atoms with E-state index in [-0.39, 0.29) is 5.91 Å². The van der Waals surface area contributed by atoms with Crippen LogP contribution < -0.4 is 10.1 Å². The van der Waals surface area contributed by atoms with E-state index in [2.05, 4.69) is 20.8 Å². The number of carbonyl (C=O) groups is 1. The summed E-state index contributed by atoms with van der Waals surface area (Å²) in [6.07, 6.45) is 3.26. The second-order valence-corrected chi connectivity index (χ2v) is 5.68. The lowest BCUT2D eigenvalue weighted by atomic mass is 10.2. The van der Waals surface area contributed by atoms with Crippen LogP contribution in [0.4, 0.5) is 5.69 Å². The van der Waals surface area contributed by atoms with Gasteiger partial charge in [0.05, 0.1) is 7.11 Å². The Bertz CT molecular complexity index is 870. The van der Waals surface area contributed by atoms with E-state index in [0.29, 0.717) is 22.9 Å². The van der Waals surface area contributed by atoms with Crippen LogP contribution in [0.2, 0.25) is 0 Å². The number of anilines is 1. The van der Waals surface area contributed by atoms with Gasteiger partial charge in [-0.15, -0.1) is 5.10 Å². The second-order valence-electron chi connectivity index (χ2n) is 4.90. The van der Waals surface area contributed by atoms with Crippen molar-refractivity contribution >= 4 is 29.0 Å². The minimum atomic E-state index is -0.217. The number of aryl methyl sites for hydroxylation is 1. The number of benzene rings is 1. The number of methoxy groups -OCH3 is 1. The Hall–Kier alpha value is -3.00. The third-order valence-electron chi connectivity index (χ3n) is 3.27. The van der Waals surface area contributed by atoms with Gasteiger partial charge in [-0.25, -0.2) is 0 Å². The second kappa shape index (κ2) is 7.05. The average molecular weight is 341 g/mol. The molecule has 122 valence electrons. The van der Waals surface area contributed by atoms with Gasteiger partial charge in [0.25, 0.3) is 0 Å². The Labute approximate surface area is 142 Å². The van der Waals surface area contributed by atoms with Gasteiger partial charge in [0.15, 0.2) is 5.82 Å². The number of hydrogen-bond acceptors (Lipinski definition) is 6. The van der Waals surface area contributed by atoms with Gasteiger partial charge < -0.3 is 10.1 Å². The minimum absolute atomic E-state index is 0.217. The number of carbonyl (C=O) groups excluding carboxylic acids is 1. The lowest BCUT2D eigenvalue weighted by molar-refractivity contribution is -0.111. The molecule has 0 spiro atoms. The van der Waals surface area contributed by atoms with Crippen LogP contribution in [-0.2, 0) is 4.79 Å². The first kappa shape index (κ1) is 15.9. The Morgan fingerprint density at radius 3 is 2.92 bits per heavy atom. The predicted molar refractivity (Wildman–Crippen MR) is 92.4 cm³/mol. The maximum absolute atomic E-state index is 12.1. The summed E-state index contributed by atoms with van der Waals surface area (Å²) in [5.74, 6) is 1.01. The molecule has 7 nitrogen and oxygen atoms in total. The van der Waals surface area contributed by atoms with Gasteiger partial charge in [-0.3, -0.25) is 4.79 Å². The van der Waals surface area contributed by atoms with Crippen LogP contribution in [0.5, 0.6) is 5.75 Å². The number of aromatic nitrogens is 4. The van der Waals surface area contributed by atoms with E-state index < -0.39 is 0 Å². The highest BCUT2D eigenvalue weighted by Crippen LogP contribution is 2.26. The summed E-state index contributed by atoms with van der Waals surface area (Å²) < 4.78 is 6.89. The zero-order chi connectivity index (χ0) is 16.9. The third kappa shape index (κ3) is 3.49. The molecule has 24 heavy (non-hydrogen) atoms. The van der Waals surface area contributed by atoms with Crippen molar-refractivity contribution in [2.45, 2.75) is 6.92 Å². The number of amides is 1. The molecule has 0 saturated carbocycles. The van der Waals surface area contributed by atoms with Gasteiger partial charge in [0.2, 0.25) is 5.91 Å². The first-order chi connectivity index (χ1) is 11.7. The first-order valence-corrected chi connectivity index (χ1v) is 8.06. The summed E-state index contributed by atoms with van der Waals surface area (Å²) in [4.78, 5) is 12.1. The Balaban J connectivity index is 1.82. The molecule has 0 bridgehead atoms. The predicted octanol–water partition coefficient (Wildman–Crippen LogP) is 2.69. The van der Waals surface area contributed by atoms with Crippen molar-refractivity contribution in [3.05, 3.63) is 52.5 Å². The smallest absolute Gasteiger partial charge is 0.248 e. The number of thiophene rings is 1. The van der Waals surface area contributed by atoms with Crippen molar-refractivity contribution in [2.75, 3.05) is 12.4 Å². The highest BCUT2D eigenvalue weighted by molar-refractivity contribution is 7.08. The number of nitrogens with zero attached hydrogens (tertiary/aromatic N) is 4. The maximum Gasteiger partial charge on any atom is 0.248 e. The molecule has 2 heterocycles. The largest absolute Gasteiger partial charge is 0.494 e. The lowest BCUT2D eigenvalue weighted by Crippen LogP contribution is -2.09. The van der Waals surface area contributed by atoms with Crippen LogP contribution in [0.25, 0.3) is 11.8 Å². The fraction of sp³-hybridized carbons (Fsp3) is 0.125. The Morgan fingerprint density at radius 1 is 1.38 bits per heavy atom. The molecule has 3 aromatic rings. The van der Waals surface area contributed by atoms with Crippen LogP contribution in [0.15, 0.2) is 41.1 Å². The van der Waals surface area contributed by atoms with Gasteiger partial charge in [-0.2, -0.15) is 16.0 Å². The van der Waals surface area contributed by atoms with Crippen molar-refractivity contribution in [3.63, 3.8) is 0 Å². The molecule has 0 unspecified atom stereocenters. The van der Waals surface area contributed by atoms with Gasteiger partial charge in [-0.1, -0.05) is 0 Å². The van der Waals surface area contributed by atoms with E-state index in [4.69, 9.17) is 4.74 Å². The molecule has 3 rings (SSSR count).